The summed E-state index contributed by atoms with van der Waals surface area (Å²) in [4.78, 5) is 27.3. The summed E-state index contributed by atoms with van der Waals surface area (Å²) in [6.07, 6.45) is 0.280. The Morgan fingerprint density at radius 3 is 2.24 bits per heavy atom. The van der Waals surface area contributed by atoms with Crippen molar-refractivity contribution in [2.45, 2.75) is 44.9 Å². The number of rotatable bonds is 3. The van der Waals surface area contributed by atoms with E-state index in [1.54, 1.807) is 16.9 Å². The highest BCUT2D eigenvalue weighted by Gasteiger charge is 2.50. The molecule has 2 atom stereocenters. The zero-order valence-corrected chi connectivity index (χ0v) is 13.1. The molecular weight excluding hydrogens is 276 g/mol. The molecule has 21 heavy (non-hydrogen) atoms. The Balaban J connectivity index is 1.82. The maximum absolute atomic E-state index is 12.1. The summed E-state index contributed by atoms with van der Waals surface area (Å²) in [5, 5.41) is 0. The summed E-state index contributed by atoms with van der Waals surface area (Å²) < 4.78 is 15.3. The van der Waals surface area contributed by atoms with Gasteiger partial charge < -0.3 is 19.1 Å². The normalized spacial score (nSPS) is 24.4. The molecule has 7 nitrogen and oxygen atoms in total. The summed E-state index contributed by atoms with van der Waals surface area (Å²) in [5.74, 6) is 0. The van der Waals surface area contributed by atoms with Crippen LogP contribution < -0.4 is 0 Å². The number of hydrogen-bond acceptors (Lipinski definition) is 5. The van der Waals surface area contributed by atoms with E-state index in [1.807, 2.05) is 20.8 Å². The average Bonchev–Trinajstić information content (AvgIpc) is 2.36. The number of carbonyl (C=O) groups excluding carboxylic acids is 2. The van der Waals surface area contributed by atoms with Gasteiger partial charge in [-0.3, -0.25) is 4.90 Å². The van der Waals surface area contributed by atoms with Crippen molar-refractivity contribution in [3.8, 4) is 0 Å². The van der Waals surface area contributed by atoms with Gasteiger partial charge in [-0.2, -0.15) is 0 Å². The van der Waals surface area contributed by atoms with Crippen molar-refractivity contribution in [1.82, 2.24) is 9.80 Å². The number of fused-ring (bicyclic) bond motifs is 2. The van der Waals surface area contributed by atoms with E-state index >= 15 is 0 Å². The fourth-order valence-corrected chi connectivity index (χ4v) is 2.68. The van der Waals surface area contributed by atoms with E-state index in [4.69, 9.17) is 14.2 Å². The second-order valence-electron chi connectivity index (χ2n) is 6.44. The lowest BCUT2D eigenvalue weighted by molar-refractivity contribution is -0.0737. The molecule has 3 heterocycles. The van der Waals surface area contributed by atoms with Crippen LogP contribution in [-0.4, -0.2) is 73.1 Å². The first-order valence-electron chi connectivity index (χ1n) is 7.24. The molecule has 3 aliphatic rings. The SMILES string of the molecule is COCCOC(=O)N1CC2CC(C1)N2C(=O)OC(C)(C)C. The van der Waals surface area contributed by atoms with Crippen LogP contribution >= 0.6 is 0 Å². The fourth-order valence-electron chi connectivity index (χ4n) is 2.68. The van der Waals surface area contributed by atoms with Gasteiger partial charge in [-0.1, -0.05) is 0 Å². The van der Waals surface area contributed by atoms with Crippen LogP contribution in [0.3, 0.4) is 0 Å². The highest BCUT2D eigenvalue weighted by atomic mass is 16.6. The van der Waals surface area contributed by atoms with Crippen LogP contribution in [0.1, 0.15) is 27.2 Å². The Morgan fingerprint density at radius 1 is 1.10 bits per heavy atom. The van der Waals surface area contributed by atoms with Crippen molar-refractivity contribution in [2.75, 3.05) is 33.4 Å². The number of piperazine rings is 1. The van der Waals surface area contributed by atoms with Crippen LogP contribution in [0, 0.1) is 0 Å². The number of ether oxygens (including phenoxy) is 3. The monoisotopic (exact) mass is 300 g/mol. The minimum atomic E-state index is -0.500. The average molecular weight is 300 g/mol. The molecule has 2 unspecified atom stereocenters. The largest absolute Gasteiger partial charge is 0.447 e. The molecule has 3 rings (SSSR count). The first kappa shape index (κ1) is 15.9. The molecule has 3 aliphatic heterocycles. The second kappa shape index (κ2) is 6.09. The van der Waals surface area contributed by atoms with Crippen molar-refractivity contribution < 1.29 is 23.8 Å². The summed E-state index contributed by atoms with van der Waals surface area (Å²) in [5.41, 5.74) is -0.500. The van der Waals surface area contributed by atoms with Gasteiger partial charge in [0.25, 0.3) is 0 Å². The first-order valence-corrected chi connectivity index (χ1v) is 7.24. The quantitative estimate of drug-likeness (QED) is 0.738. The number of carbonyl (C=O) groups is 2. The Bertz CT molecular complexity index is 395. The molecule has 3 fully saturated rings. The van der Waals surface area contributed by atoms with Gasteiger partial charge in [0.1, 0.15) is 12.2 Å². The molecule has 0 radical (unpaired) electrons. The van der Waals surface area contributed by atoms with Gasteiger partial charge in [0.15, 0.2) is 0 Å². The third-order valence-electron chi connectivity index (χ3n) is 3.57. The standard InChI is InChI=1S/C14H24N2O5/c1-14(2,3)21-13(18)16-10-7-11(16)9-15(8-10)12(17)20-6-5-19-4/h10-11H,5-9H2,1-4H3. The zero-order chi connectivity index (χ0) is 15.6. The number of piperidine rings is 1. The highest BCUT2D eigenvalue weighted by Crippen LogP contribution is 2.33. The van der Waals surface area contributed by atoms with Gasteiger partial charge in [0.2, 0.25) is 0 Å². The minimum Gasteiger partial charge on any atom is -0.447 e. The second-order valence-corrected chi connectivity index (χ2v) is 6.44. The van der Waals surface area contributed by atoms with E-state index in [1.165, 1.54) is 0 Å². The summed E-state index contributed by atoms with van der Waals surface area (Å²) >= 11 is 0. The van der Waals surface area contributed by atoms with Crippen molar-refractivity contribution in [3.05, 3.63) is 0 Å². The van der Waals surface area contributed by atoms with Crippen LogP contribution in [0.25, 0.3) is 0 Å². The summed E-state index contributed by atoms with van der Waals surface area (Å²) in [7, 11) is 1.56. The smallest absolute Gasteiger partial charge is 0.410 e. The molecule has 0 N–H and O–H groups in total. The molecule has 2 bridgehead atoms. The van der Waals surface area contributed by atoms with Gasteiger partial charge in [0, 0.05) is 20.2 Å². The molecule has 2 amide bonds. The molecule has 0 spiro atoms. The maximum atomic E-state index is 12.1. The predicted octanol–water partition coefficient (Wildman–Crippen LogP) is 1.46. The molecular formula is C14H24N2O5. The Kier molecular flexibility index (Phi) is 4.61. The van der Waals surface area contributed by atoms with Crippen LogP contribution in [0.2, 0.25) is 0 Å². The number of amides is 2. The summed E-state index contributed by atoms with van der Waals surface area (Å²) in [6, 6.07) is 0.0714. The van der Waals surface area contributed by atoms with Gasteiger partial charge in [0.05, 0.1) is 18.7 Å². The van der Waals surface area contributed by atoms with Gasteiger partial charge >= 0.3 is 12.2 Å². The lowest BCUT2D eigenvalue weighted by Gasteiger charge is -2.55. The van der Waals surface area contributed by atoms with Crippen LogP contribution in [0.15, 0.2) is 0 Å². The van der Waals surface area contributed by atoms with Gasteiger partial charge in [-0.05, 0) is 27.2 Å². The van der Waals surface area contributed by atoms with E-state index in [0.29, 0.717) is 19.7 Å². The molecule has 0 aromatic rings. The molecule has 0 saturated carbocycles. The third kappa shape index (κ3) is 3.78. The zero-order valence-electron chi connectivity index (χ0n) is 13.1. The van der Waals surface area contributed by atoms with Gasteiger partial charge in [-0.15, -0.1) is 0 Å². The first-order chi connectivity index (χ1) is 9.81. The summed E-state index contributed by atoms with van der Waals surface area (Å²) in [6.45, 7) is 7.18. The molecule has 3 saturated heterocycles. The third-order valence-corrected chi connectivity index (χ3v) is 3.57. The lowest BCUT2D eigenvalue weighted by atomic mass is 9.88. The molecule has 0 aromatic carbocycles. The van der Waals surface area contributed by atoms with Crippen LogP contribution in [-0.2, 0) is 14.2 Å². The van der Waals surface area contributed by atoms with E-state index in [2.05, 4.69) is 0 Å². The van der Waals surface area contributed by atoms with E-state index in [9.17, 15) is 9.59 Å². The van der Waals surface area contributed by atoms with E-state index in [-0.39, 0.29) is 30.9 Å². The minimum absolute atomic E-state index is 0.0357. The Hall–Kier alpha value is -1.50. The fraction of sp³-hybridized carbons (Fsp3) is 0.857. The molecule has 7 heteroatoms. The number of methoxy groups -OCH3 is 1. The molecule has 120 valence electrons. The Labute approximate surface area is 125 Å². The van der Waals surface area contributed by atoms with Crippen molar-refractivity contribution in [2.24, 2.45) is 0 Å². The number of nitrogens with zero attached hydrogens (tertiary/aromatic N) is 2. The van der Waals surface area contributed by atoms with Crippen molar-refractivity contribution in [1.29, 1.82) is 0 Å². The van der Waals surface area contributed by atoms with Crippen molar-refractivity contribution >= 4 is 12.2 Å². The number of hydrogen-bond donors (Lipinski definition) is 0. The van der Waals surface area contributed by atoms with Crippen LogP contribution in [0.4, 0.5) is 9.59 Å². The van der Waals surface area contributed by atoms with E-state index < -0.39 is 5.60 Å². The van der Waals surface area contributed by atoms with Crippen LogP contribution in [0.5, 0.6) is 0 Å². The topological polar surface area (TPSA) is 68.3 Å². The molecule has 0 aromatic heterocycles. The predicted molar refractivity (Wildman–Crippen MR) is 75.1 cm³/mol. The molecule has 0 aliphatic carbocycles. The van der Waals surface area contributed by atoms with E-state index in [0.717, 1.165) is 6.42 Å². The van der Waals surface area contributed by atoms with Gasteiger partial charge in [-0.25, -0.2) is 9.59 Å². The Morgan fingerprint density at radius 2 is 1.71 bits per heavy atom. The lowest BCUT2D eigenvalue weighted by Crippen LogP contribution is -2.71. The maximum Gasteiger partial charge on any atom is 0.410 e. The van der Waals surface area contributed by atoms with Crippen molar-refractivity contribution in [3.63, 3.8) is 0 Å². The highest BCUT2D eigenvalue weighted by molar-refractivity contribution is 5.72.